The molecule has 3 fully saturated rings. The molecule has 2 bridgehead atoms. The lowest BCUT2D eigenvalue weighted by molar-refractivity contribution is -0.124. The molecule has 0 aromatic carbocycles. The first-order valence-corrected chi connectivity index (χ1v) is 6.62. The largest absolute Gasteiger partial charge is 0.381 e. The van der Waals surface area contributed by atoms with Crippen molar-refractivity contribution in [3.05, 3.63) is 0 Å². The second kappa shape index (κ2) is 4.11. The van der Waals surface area contributed by atoms with Crippen molar-refractivity contribution in [2.24, 2.45) is 5.92 Å². The molecule has 3 saturated heterocycles. The average Bonchev–Trinajstić information content (AvgIpc) is 2.85. The second-order valence-corrected chi connectivity index (χ2v) is 5.64. The number of rotatable bonds is 2. The van der Waals surface area contributed by atoms with Crippen LogP contribution in [0.2, 0.25) is 0 Å². The molecule has 0 aromatic rings. The monoisotopic (exact) mass is 223 g/mol. The van der Waals surface area contributed by atoms with Crippen LogP contribution in [0.25, 0.3) is 0 Å². The van der Waals surface area contributed by atoms with Crippen molar-refractivity contribution in [1.29, 1.82) is 0 Å². The first-order chi connectivity index (χ1) is 7.75. The van der Waals surface area contributed by atoms with Crippen molar-refractivity contribution in [3.63, 3.8) is 0 Å². The summed E-state index contributed by atoms with van der Waals surface area (Å²) in [4.78, 5) is 14.2. The van der Waals surface area contributed by atoms with Gasteiger partial charge in [-0.1, -0.05) is 0 Å². The molecule has 0 amide bonds. The van der Waals surface area contributed by atoms with Crippen LogP contribution in [0, 0.1) is 5.92 Å². The number of hydrogen-bond donors (Lipinski definition) is 0. The maximum Gasteiger partial charge on any atom is 0.136 e. The van der Waals surface area contributed by atoms with Gasteiger partial charge in [-0.15, -0.1) is 0 Å². The van der Waals surface area contributed by atoms with Crippen LogP contribution in [-0.4, -0.2) is 42.0 Å². The lowest BCUT2D eigenvalue weighted by Crippen LogP contribution is -2.50. The van der Waals surface area contributed by atoms with Crippen LogP contribution >= 0.6 is 0 Å². The van der Waals surface area contributed by atoms with Gasteiger partial charge in [0.25, 0.3) is 0 Å². The van der Waals surface area contributed by atoms with Gasteiger partial charge in [-0.25, -0.2) is 0 Å². The van der Waals surface area contributed by atoms with E-state index in [9.17, 15) is 4.79 Å². The lowest BCUT2D eigenvalue weighted by Gasteiger charge is -2.40. The molecule has 3 heterocycles. The second-order valence-electron chi connectivity index (χ2n) is 5.64. The number of carbonyl (C=O) groups excluding carboxylic acids is 1. The first-order valence-electron chi connectivity index (χ1n) is 6.62. The Morgan fingerprint density at radius 1 is 1.25 bits per heavy atom. The third kappa shape index (κ3) is 1.70. The van der Waals surface area contributed by atoms with E-state index in [1.54, 1.807) is 0 Å². The Bertz CT molecular complexity index is 270. The van der Waals surface area contributed by atoms with E-state index in [1.807, 2.05) is 0 Å². The summed E-state index contributed by atoms with van der Waals surface area (Å²) in [6.07, 6.45) is 5.26. The molecule has 0 aliphatic carbocycles. The maximum atomic E-state index is 11.6. The minimum Gasteiger partial charge on any atom is -0.381 e. The van der Waals surface area contributed by atoms with E-state index >= 15 is 0 Å². The molecule has 0 radical (unpaired) electrons. The number of piperidine rings is 1. The first kappa shape index (κ1) is 10.7. The summed E-state index contributed by atoms with van der Waals surface area (Å²) < 4.78 is 5.49. The third-order valence-corrected chi connectivity index (χ3v) is 4.72. The van der Waals surface area contributed by atoms with Crippen LogP contribution in [0.1, 0.15) is 39.0 Å². The van der Waals surface area contributed by atoms with Gasteiger partial charge in [0.1, 0.15) is 5.78 Å². The molecular weight excluding hydrogens is 202 g/mol. The van der Waals surface area contributed by atoms with Gasteiger partial charge in [-0.3, -0.25) is 9.69 Å². The van der Waals surface area contributed by atoms with E-state index < -0.39 is 0 Å². The Morgan fingerprint density at radius 2 is 1.94 bits per heavy atom. The van der Waals surface area contributed by atoms with Crippen molar-refractivity contribution in [2.75, 3.05) is 13.2 Å². The molecule has 3 aliphatic heterocycles. The highest BCUT2D eigenvalue weighted by Crippen LogP contribution is 2.38. The Hall–Kier alpha value is -0.410. The SMILES string of the molecule is CC(C1CCOC1)N1C2CCC1CC(=O)C2. The molecule has 90 valence electrons. The summed E-state index contributed by atoms with van der Waals surface area (Å²) in [7, 11) is 0. The molecule has 16 heavy (non-hydrogen) atoms. The van der Waals surface area contributed by atoms with Gasteiger partial charge in [0.05, 0.1) is 6.61 Å². The van der Waals surface area contributed by atoms with Crippen molar-refractivity contribution in [1.82, 2.24) is 4.90 Å². The molecule has 3 aliphatic rings. The minimum atomic E-state index is 0.485. The number of ketones is 1. The molecular formula is C13H21NO2. The molecule has 0 aromatic heterocycles. The lowest BCUT2D eigenvalue weighted by atomic mass is 9.93. The zero-order valence-electron chi connectivity index (χ0n) is 10.0. The van der Waals surface area contributed by atoms with E-state index in [-0.39, 0.29) is 0 Å². The Morgan fingerprint density at radius 3 is 2.50 bits per heavy atom. The average molecular weight is 223 g/mol. The van der Waals surface area contributed by atoms with Crippen LogP contribution < -0.4 is 0 Å². The Labute approximate surface area is 97.1 Å². The van der Waals surface area contributed by atoms with Gasteiger partial charge in [0.15, 0.2) is 0 Å². The summed E-state index contributed by atoms with van der Waals surface area (Å²) >= 11 is 0. The zero-order valence-corrected chi connectivity index (χ0v) is 10.0. The summed E-state index contributed by atoms with van der Waals surface area (Å²) in [6, 6.07) is 1.69. The molecule has 3 nitrogen and oxygen atoms in total. The topological polar surface area (TPSA) is 29.5 Å². The fraction of sp³-hybridized carbons (Fsp3) is 0.923. The summed E-state index contributed by atoms with van der Waals surface area (Å²) in [5.74, 6) is 1.18. The number of ether oxygens (including phenoxy) is 1. The molecule has 3 heteroatoms. The molecule has 4 atom stereocenters. The normalized spacial score (nSPS) is 41.6. The summed E-state index contributed by atoms with van der Waals surface area (Å²) in [6.45, 7) is 4.18. The van der Waals surface area contributed by atoms with Gasteiger partial charge in [-0.2, -0.15) is 0 Å². The smallest absolute Gasteiger partial charge is 0.136 e. The standard InChI is InChI=1S/C13H21NO2/c1-9(10-4-5-16-8-10)14-11-2-3-12(14)7-13(15)6-11/h9-12H,2-8H2,1H3. The van der Waals surface area contributed by atoms with Crippen LogP contribution in [0.15, 0.2) is 0 Å². The van der Waals surface area contributed by atoms with Gasteiger partial charge >= 0.3 is 0 Å². The van der Waals surface area contributed by atoms with Gasteiger partial charge in [0, 0.05) is 37.6 Å². The van der Waals surface area contributed by atoms with Crippen molar-refractivity contribution < 1.29 is 9.53 Å². The van der Waals surface area contributed by atoms with E-state index in [4.69, 9.17) is 4.74 Å². The predicted octanol–water partition coefficient (Wildman–Crippen LogP) is 1.61. The number of fused-ring (bicyclic) bond motifs is 2. The Kier molecular flexibility index (Phi) is 2.76. The quantitative estimate of drug-likeness (QED) is 0.712. The third-order valence-electron chi connectivity index (χ3n) is 4.72. The van der Waals surface area contributed by atoms with Crippen LogP contribution in [0.4, 0.5) is 0 Å². The minimum absolute atomic E-state index is 0.485. The van der Waals surface area contributed by atoms with Crippen molar-refractivity contribution in [3.8, 4) is 0 Å². The zero-order chi connectivity index (χ0) is 11.1. The van der Waals surface area contributed by atoms with E-state index in [0.29, 0.717) is 29.8 Å². The van der Waals surface area contributed by atoms with Crippen LogP contribution in [0.3, 0.4) is 0 Å². The van der Waals surface area contributed by atoms with Crippen molar-refractivity contribution in [2.45, 2.75) is 57.2 Å². The fourth-order valence-corrected chi connectivity index (χ4v) is 3.85. The van der Waals surface area contributed by atoms with E-state index in [1.165, 1.54) is 19.3 Å². The Balaban J connectivity index is 1.72. The fourth-order valence-electron chi connectivity index (χ4n) is 3.85. The van der Waals surface area contributed by atoms with Crippen molar-refractivity contribution >= 4 is 5.78 Å². The van der Waals surface area contributed by atoms with Crippen LogP contribution in [0.5, 0.6) is 0 Å². The van der Waals surface area contributed by atoms with E-state index in [0.717, 1.165) is 26.1 Å². The molecule has 4 unspecified atom stereocenters. The van der Waals surface area contributed by atoms with Gasteiger partial charge < -0.3 is 4.74 Å². The molecule has 0 saturated carbocycles. The highest BCUT2D eigenvalue weighted by molar-refractivity contribution is 5.81. The summed E-state index contributed by atoms with van der Waals surface area (Å²) in [5.41, 5.74) is 0. The highest BCUT2D eigenvalue weighted by Gasteiger charge is 2.44. The highest BCUT2D eigenvalue weighted by atomic mass is 16.5. The van der Waals surface area contributed by atoms with Gasteiger partial charge in [-0.05, 0) is 32.1 Å². The molecule has 0 N–H and O–H groups in total. The maximum absolute atomic E-state index is 11.6. The summed E-state index contributed by atoms with van der Waals surface area (Å²) in [5, 5.41) is 0. The number of nitrogens with zero attached hydrogens (tertiary/aromatic N) is 1. The number of carbonyl (C=O) groups is 1. The van der Waals surface area contributed by atoms with E-state index in [2.05, 4.69) is 11.8 Å². The van der Waals surface area contributed by atoms with Gasteiger partial charge in [0.2, 0.25) is 0 Å². The number of hydrogen-bond acceptors (Lipinski definition) is 3. The number of Topliss-reactive ketones (excluding diaryl/α,β-unsaturated/α-hetero) is 1. The predicted molar refractivity (Wildman–Crippen MR) is 61.3 cm³/mol. The molecule has 3 rings (SSSR count). The molecule has 0 spiro atoms. The van der Waals surface area contributed by atoms with Crippen LogP contribution in [-0.2, 0) is 9.53 Å².